The molecule has 1 amide bonds. The van der Waals surface area contributed by atoms with Crippen LogP contribution in [0.5, 0.6) is 0 Å². The van der Waals surface area contributed by atoms with Crippen LogP contribution in [-0.2, 0) is 4.79 Å². The summed E-state index contributed by atoms with van der Waals surface area (Å²) in [5.74, 6) is 0.881. The predicted molar refractivity (Wildman–Crippen MR) is 103 cm³/mol. The molecule has 9 heteroatoms. The van der Waals surface area contributed by atoms with E-state index >= 15 is 0 Å². The quantitative estimate of drug-likeness (QED) is 0.658. The molecule has 2 heterocycles. The number of carbonyl (C=O) groups excluding carboxylic acids is 1. The van der Waals surface area contributed by atoms with E-state index < -0.39 is 0 Å². The number of thioether (sulfide) groups is 1. The van der Waals surface area contributed by atoms with Gasteiger partial charge in [-0.25, -0.2) is 4.68 Å². The molecular formula is C18H21N7OS. The van der Waals surface area contributed by atoms with Crippen LogP contribution in [-0.4, -0.2) is 41.6 Å². The van der Waals surface area contributed by atoms with Crippen molar-refractivity contribution in [1.29, 1.82) is 0 Å². The fourth-order valence-electron chi connectivity index (χ4n) is 3.28. The summed E-state index contributed by atoms with van der Waals surface area (Å²) in [6.07, 6.45) is 6.40. The van der Waals surface area contributed by atoms with Crippen LogP contribution < -0.4 is 5.32 Å². The molecule has 27 heavy (non-hydrogen) atoms. The zero-order chi connectivity index (χ0) is 18.6. The summed E-state index contributed by atoms with van der Waals surface area (Å²) < 4.78 is 3.58. The van der Waals surface area contributed by atoms with Crippen molar-refractivity contribution in [1.82, 2.24) is 30.0 Å². The summed E-state index contributed by atoms with van der Waals surface area (Å²) in [7, 11) is 0. The molecule has 1 saturated carbocycles. The minimum atomic E-state index is -0.0989. The van der Waals surface area contributed by atoms with Gasteiger partial charge in [-0.2, -0.15) is 9.78 Å². The summed E-state index contributed by atoms with van der Waals surface area (Å²) in [5, 5.41) is 19.7. The van der Waals surface area contributed by atoms with Crippen molar-refractivity contribution in [3.63, 3.8) is 0 Å². The van der Waals surface area contributed by atoms with Crippen LogP contribution in [0.1, 0.15) is 37.3 Å². The molecule has 0 radical (unpaired) electrons. The Morgan fingerprint density at radius 2 is 2.00 bits per heavy atom. The first kappa shape index (κ1) is 17.7. The molecule has 0 saturated heterocycles. The number of nitrogens with one attached hydrogen (secondary N) is 1. The smallest absolute Gasteiger partial charge is 0.235 e. The molecule has 1 N–H and O–H groups in total. The number of hydrogen-bond donors (Lipinski definition) is 1. The maximum Gasteiger partial charge on any atom is 0.235 e. The SMILES string of the molecule is Cc1ccc(-n2nnnc2SCC(=O)Nc2ccnn2C2CCCC2)cc1. The van der Waals surface area contributed by atoms with Gasteiger partial charge in [0.25, 0.3) is 0 Å². The standard InChI is InChI=1S/C18H21N7OS/c1-13-6-8-15(9-7-13)25-18(21-22-23-25)27-12-17(26)20-16-10-11-19-24(16)14-4-2-3-5-14/h6-11,14H,2-5,12H2,1H3,(H,20,26). The average molecular weight is 383 g/mol. The largest absolute Gasteiger partial charge is 0.310 e. The Hall–Kier alpha value is -2.68. The van der Waals surface area contributed by atoms with Gasteiger partial charge in [-0.15, -0.1) is 5.10 Å². The van der Waals surface area contributed by atoms with Crippen molar-refractivity contribution in [3.05, 3.63) is 42.1 Å². The number of hydrogen-bond acceptors (Lipinski definition) is 6. The number of nitrogens with zero attached hydrogens (tertiary/aromatic N) is 6. The van der Waals surface area contributed by atoms with Crippen molar-refractivity contribution in [2.45, 2.75) is 43.8 Å². The number of rotatable bonds is 6. The topological polar surface area (TPSA) is 90.5 Å². The molecule has 1 fully saturated rings. The van der Waals surface area contributed by atoms with Gasteiger partial charge in [0.05, 0.1) is 23.7 Å². The molecule has 2 aromatic heterocycles. The summed E-state index contributed by atoms with van der Waals surface area (Å²) >= 11 is 1.31. The molecule has 140 valence electrons. The van der Waals surface area contributed by atoms with E-state index in [-0.39, 0.29) is 11.7 Å². The third kappa shape index (κ3) is 4.02. The van der Waals surface area contributed by atoms with Crippen molar-refractivity contribution >= 4 is 23.5 Å². The van der Waals surface area contributed by atoms with Crippen LogP contribution in [0.4, 0.5) is 5.82 Å². The highest BCUT2D eigenvalue weighted by molar-refractivity contribution is 7.99. The van der Waals surface area contributed by atoms with Crippen molar-refractivity contribution in [3.8, 4) is 5.69 Å². The molecule has 0 spiro atoms. The van der Waals surface area contributed by atoms with Gasteiger partial charge >= 0.3 is 0 Å². The van der Waals surface area contributed by atoms with E-state index in [1.54, 1.807) is 10.9 Å². The van der Waals surface area contributed by atoms with E-state index in [1.807, 2.05) is 41.9 Å². The molecular weight excluding hydrogens is 362 g/mol. The molecule has 0 bridgehead atoms. The first-order valence-electron chi connectivity index (χ1n) is 9.02. The van der Waals surface area contributed by atoms with E-state index in [1.165, 1.54) is 30.2 Å². The second kappa shape index (κ2) is 7.91. The van der Waals surface area contributed by atoms with Crippen LogP contribution in [0, 0.1) is 6.92 Å². The van der Waals surface area contributed by atoms with Crippen molar-refractivity contribution in [2.24, 2.45) is 0 Å². The number of tetrazole rings is 1. The molecule has 8 nitrogen and oxygen atoms in total. The lowest BCUT2D eigenvalue weighted by atomic mass is 10.2. The highest BCUT2D eigenvalue weighted by Gasteiger charge is 2.20. The van der Waals surface area contributed by atoms with Crippen LogP contribution in [0.3, 0.4) is 0 Å². The maximum absolute atomic E-state index is 12.4. The number of aromatic nitrogens is 6. The zero-order valence-electron chi connectivity index (χ0n) is 15.1. The lowest BCUT2D eigenvalue weighted by Crippen LogP contribution is -2.19. The number of amides is 1. The van der Waals surface area contributed by atoms with Gasteiger partial charge in [0, 0.05) is 6.07 Å². The Morgan fingerprint density at radius 1 is 1.22 bits per heavy atom. The third-order valence-corrected chi connectivity index (χ3v) is 5.58. The summed E-state index contributed by atoms with van der Waals surface area (Å²) in [5.41, 5.74) is 2.03. The van der Waals surface area contributed by atoms with E-state index in [0.29, 0.717) is 11.2 Å². The van der Waals surface area contributed by atoms with Crippen LogP contribution in [0.15, 0.2) is 41.7 Å². The maximum atomic E-state index is 12.4. The summed E-state index contributed by atoms with van der Waals surface area (Å²) in [6, 6.07) is 10.1. The minimum Gasteiger partial charge on any atom is -0.310 e. The van der Waals surface area contributed by atoms with E-state index in [0.717, 1.165) is 24.3 Å². The molecule has 0 atom stereocenters. The third-order valence-electron chi connectivity index (χ3n) is 4.66. The number of aryl methyl sites for hydroxylation is 1. The van der Waals surface area contributed by atoms with Crippen LogP contribution >= 0.6 is 11.8 Å². The monoisotopic (exact) mass is 383 g/mol. The summed E-state index contributed by atoms with van der Waals surface area (Å²) in [4.78, 5) is 12.4. The first-order chi connectivity index (χ1) is 13.2. The molecule has 4 rings (SSSR count). The predicted octanol–water partition coefficient (Wildman–Crippen LogP) is 3.01. The molecule has 1 aliphatic carbocycles. The van der Waals surface area contributed by atoms with Gasteiger partial charge < -0.3 is 5.32 Å². The lowest BCUT2D eigenvalue weighted by Gasteiger charge is -2.14. The number of benzene rings is 1. The van der Waals surface area contributed by atoms with Gasteiger partial charge in [-0.1, -0.05) is 42.3 Å². The highest BCUT2D eigenvalue weighted by atomic mass is 32.2. The van der Waals surface area contributed by atoms with Gasteiger partial charge in [-0.3, -0.25) is 4.79 Å². The molecule has 1 aromatic carbocycles. The molecule has 0 aliphatic heterocycles. The Kier molecular flexibility index (Phi) is 5.19. The van der Waals surface area contributed by atoms with E-state index in [2.05, 4.69) is 25.9 Å². The lowest BCUT2D eigenvalue weighted by molar-refractivity contribution is -0.113. The van der Waals surface area contributed by atoms with E-state index in [4.69, 9.17) is 0 Å². The molecule has 0 unspecified atom stereocenters. The second-order valence-electron chi connectivity index (χ2n) is 6.64. The van der Waals surface area contributed by atoms with Crippen LogP contribution in [0.2, 0.25) is 0 Å². The van der Waals surface area contributed by atoms with Crippen molar-refractivity contribution in [2.75, 3.05) is 11.1 Å². The zero-order valence-corrected chi connectivity index (χ0v) is 15.9. The second-order valence-corrected chi connectivity index (χ2v) is 7.59. The Bertz CT molecular complexity index is 912. The van der Waals surface area contributed by atoms with Crippen LogP contribution in [0.25, 0.3) is 5.69 Å². The van der Waals surface area contributed by atoms with Gasteiger partial charge in [0.15, 0.2) is 0 Å². The normalized spacial score (nSPS) is 14.6. The minimum absolute atomic E-state index is 0.0989. The average Bonchev–Trinajstić information content (AvgIpc) is 3.42. The van der Waals surface area contributed by atoms with Crippen molar-refractivity contribution < 1.29 is 4.79 Å². The fraction of sp³-hybridized carbons (Fsp3) is 0.389. The Morgan fingerprint density at radius 3 is 2.78 bits per heavy atom. The van der Waals surface area contributed by atoms with Gasteiger partial charge in [0.1, 0.15) is 5.82 Å². The number of anilines is 1. The fourth-order valence-corrected chi connectivity index (χ4v) is 3.97. The summed E-state index contributed by atoms with van der Waals surface area (Å²) in [6.45, 7) is 2.03. The number of carbonyl (C=O) groups is 1. The molecule has 1 aliphatic rings. The Balaban J connectivity index is 1.39. The highest BCUT2D eigenvalue weighted by Crippen LogP contribution is 2.31. The molecule has 3 aromatic rings. The van der Waals surface area contributed by atoms with E-state index in [9.17, 15) is 4.79 Å². The van der Waals surface area contributed by atoms with Gasteiger partial charge in [-0.05, 0) is 42.3 Å². The Labute approximate surface area is 161 Å². The van der Waals surface area contributed by atoms with Gasteiger partial charge in [0.2, 0.25) is 11.1 Å². The first-order valence-corrected chi connectivity index (χ1v) is 10.0.